The molecule has 0 fully saturated rings. The van der Waals surface area contributed by atoms with Crippen molar-refractivity contribution in [3.8, 4) is 5.75 Å². The Bertz CT molecular complexity index is 1070. The average molecular weight is 370 g/mol. The van der Waals surface area contributed by atoms with Crippen LogP contribution in [0.5, 0.6) is 5.75 Å². The van der Waals surface area contributed by atoms with E-state index in [0.717, 1.165) is 30.5 Å². The van der Waals surface area contributed by atoms with E-state index in [4.69, 9.17) is 0 Å². The smallest absolute Gasteiger partial charge is 0.255 e. The van der Waals surface area contributed by atoms with Gasteiger partial charge in [-0.25, -0.2) is 16.8 Å². The van der Waals surface area contributed by atoms with Crippen LogP contribution in [0, 0.1) is 0 Å². The fourth-order valence-corrected chi connectivity index (χ4v) is 5.58. The molecule has 0 saturated heterocycles. The second-order valence-corrected chi connectivity index (χ2v) is 9.13. The molecular weight excluding hydrogens is 360 g/mol. The SMILES string of the molecule is O=S(=O)(NS(=O)(=O)c1cnc2ccsc2c1)c1ccc(O)cc1. The summed E-state index contributed by atoms with van der Waals surface area (Å²) in [5.41, 5.74) is 0.635. The quantitative estimate of drug-likeness (QED) is 0.722. The molecule has 3 aromatic rings. The number of pyridine rings is 1. The largest absolute Gasteiger partial charge is 0.508 e. The Morgan fingerprint density at radius 3 is 2.30 bits per heavy atom. The molecule has 0 spiro atoms. The summed E-state index contributed by atoms with van der Waals surface area (Å²) >= 11 is 1.30. The van der Waals surface area contributed by atoms with E-state index in [1.807, 2.05) is 0 Å². The average Bonchev–Trinajstić information content (AvgIpc) is 2.94. The van der Waals surface area contributed by atoms with Gasteiger partial charge in [-0.05, 0) is 41.8 Å². The maximum atomic E-state index is 12.3. The normalized spacial score (nSPS) is 12.5. The molecule has 0 aliphatic rings. The minimum atomic E-state index is -4.30. The summed E-state index contributed by atoms with van der Waals surface area (Å²) in [6.45, 7) is 0. The van der Waals surface area contributed by atoms with Crippen LogP contribution < -0.4 is 4.13 Å². The number of benzene rings is 1. The summed E-state index contributed by atoms with van der Waals surface area (Å²) in [6, 6.07) is 7.61. The molecule has 0 amide bonds. The van der Waals surface area contributed by atoms with Crippen LogP contribution in [0.2, 0.25) is 0 Å². The lowest BCUT2D eigenvalue weighted by molar-refractivity contribution is 0.475. The molecule has 0 unspecified atom stereocenters. The Morgan fingerprint density at radius 1 is 0.957 bits per heavy atom. The van der Waals surface area contributed by atoms with E-state index in [2.05, 4.69) is 4.98 Å². The zero-order valence-electron chi connectivity index (χ0n) is 11.4. The van der Waals surface area contributed by atoms with Crippen LogP contribution in [-0.4, -0.2) is 26.9 Å². The Hall–Kier alpha value is -2.01. The van der Waals surface area contributed by atoms with Crippen molar-refractivity contribution in [1.29, 1.82) is 0 Å². The number of aromatic hydroxyl groups is 1. The standard InChI is InChI=1S/C13H10N2O5S3/c16-9-1-3-10(4-2-9)22(17,18)15-23(19,20)11-7-13-12(14-8-11)5-6-21-13/h1-8,15-16H. The summed E-state index contributed by atoms with van der Waals surface area (Å²) in [5.74, 6) is -0.126. The highest BCUT2D eigenvalue weighted by Crippen LogP contribution is 2.22. The molecule has 2 aromatic heterocycles. The van der Waals surface area contributed by atoms with Crippen molar-refractivity contribution in [2.75, 3.05) is 0 Å². The van der Waals surface area contributed by atoms with Crippen molar-refractivity contribution in [2.45, 2.75) is 9.79 Å². The highest BCUT2D eigenvalue weighted by molar-refractivity contribution is 8.04. The first kappa shape index (κ1) is 15.9. The van der Waals surface area contributed by atoms with Gasteiger partial charge in [0.25, 0.3) is 20.0 Å². The van der Waals surface area contributed by atoms with E-state index in [0.29, 0.717) is 10.2 Å². The van der Waals surface area contributed by atoms with Crippen molar-refractivity contribution in [1.82, 2.24) is 9.11 Å². The lowest BCUT2D eigenvalue weighted by Gasteiger charge is -2.08. The molecule has 0 aliphatic heterocycles. The molecule has 0 aliphatic carbocycles. The van der Waals surface area contributed by atoms with Gasteiger partial charge in [0.2, 0.25) is 0 Å². The number of nitrogens with one attached hydrogen (secondary N) is 1. The molecule has 120 valence electrons. The summed E-state index contributed by atoms with van der Waals surface area (Å²) in [5, 5.41) is 10.9. The third-order valence-electron chi connectivity index (χ3n) is 2.95. The molecular formula is C13H10N2O5S3. The van der Waals surface area contributed by atoms with Gasteiger partial charge in [-0.1, -0.05) is 0 Å². The summed E-state index contributed by atoms with van der Waals surface area (Å²) in [6.07, 6.45) is 1.10. The number of aromatic nitrogens is 1. The third kappa shape index (κ3) is 3.20. The van der Waals surface area contributed by atoms with Crippen LogP contribution in [0.15, 0.2) is 57.8 Å². The van der Waals surface area contributed by atoms with E-state index < -0.39 is 20.0 Å². The first-order chi connectivity index (χ1) is 10.8. The van der Waals surface area contributed by atoms with E-state index in [9.17, 15) is 21.9 Å². The van der Waals surface area contributed by atoms with Gasteiger partial charge in [-0.3, -0.25) is 4.98 Å². The third-order valence-corrected chi connectivity index (χ3v) is 7.30. The predicted molar refractivity (Wildman–Crippen MR) is 85.2 cm³/mol. The predicted octanol–water partition coefficient (Wildman–Crippen LogP) is 1.67. The highest BCUT2D eigenvalue weighted by atomic mass is 32.3. The van der Waals surface area contributed by atoms with Gasteiger partial charge in [-0.2, -0.15) is 0 Å². The molecule has 7 nitrogen and oxygen atoms in total. The molecule has 23 heavy (non-hydrogen) atoms. The summed E-state index contributed by atoms with van der Waals surface area (Å²) in [7, 11) is -8.60. The zero-order valence-corrected chi connectivity index (χ0v) is 13.8. The van der Waals surface area contributed by atoms with Crippen LogP contribution in [0.4, 0.5) is 0 Å². The summed E-state index contributed by atoms with van der Waals surface area (Å²) in [4.78, 5) is 3.47. The van der Waals surface area contributed by atoms with E-state index in [1.54, 1.807) is 15.6 Å². The number of hydrogen-bond donors (Lipinski definition) is 2. The number of phenolic OH excluding ortho intramolecular Hbond substituents is 1. The number of sulfonamides is 2. The first-order valence-electron chi connectivity index (χ1n) is 6.19. The van der Waals surface area contributed by atoms with Gasteiger partial charge in [-0.15, -0.1) is 15.5 Å². The molecule has 2 N–H and O–H groups in total. The van der Waals surface area contributed by atoms with Crippen LogP contribution in [0.3, 0.4) is 0 Å². The number of rotatable bonds is 4. The van der Waals surface area contributed by atoms with Gasteiger partial charge in [0.1, 0.15) is 10.6 Å². The van der Waals surface area contributed by atoms with Gasteiger partial charge >= 0.3 is 0 Å². The van der Waals surface area contributed by atoms with E-state index >= 15 is 0 Å². The number of hydrogen-bond acceptors (Lipinski definition) is 7. The van der Waals surface area contributed by atoms with Crippen molar-refractivity contribution in [2.24, 2.45) is 0 Å². The maximum absolute atomic E-state index is 12.3. The molecule has 0 saturated carbocycles. The topological polar surface area (TPSA) is 113 Å². The minimum absolute atomic E-state index is 0.126. The molecule has 0 atom stereocenters. The van der Waals surface area contributed by atoms with Crippen LogP contribution in [0.1, 0.15) is 0 Å². The zero-order chi connectivity index (χ0) is 16.7. The van der Waals surface area contributed by atoms with E-state index in [1.165, 1.54) is 17.4 Å². The minimum Gasteiger partial charge on any atom is -0.508 e. The Labute approximate surface area is 136 Å². The fourth-order valence-electron chi connectivity index (χ4n) is 1.84. The van der Waals surface area contributed by atoms with Gasteiger partial charge < -0.3 is 5.11 Å². The number of phenols is 1. The van der Waals surface area contributed by atoms with Gasteiger partial charge in [0.05, 0.1) is 15.1 Å². The Kier molecular flexibility index (Phi) is 3.84. The van der Waals surface area contributed by atoms with Gasteiger partial charge in [0.15, 0.2) is 0 Å². The van der Waals surface area contributed by atoms with Gasteiger partial charge in [0, 0.05) is 6.20 Å². The van der Waals surface area contributed by atoms with Crippen LogP contribution in [0.25, 0.3) is 10.2 Å². The molecule has 3 rings (SSSR count). The molecule has 2 heterocycles. The molecule has 0 radical (unpaired) electrons. The number of fused-ring (bicyclic) bond motifs is 1. The maximum Gasteiger partial charge on any atom is 0.255 e. The number of thiophene rings is 1. The number of nitrogens with zero attached hydrogens (tertiary/aromatic N) is 1. The van der Waals surface area contributed by atoms with Crippen molar-refractivity contribution in [3.05, 3.63) is 48.0 Å². The highest BCUT2D eigenvalue weighted by Gasteiger charge is 2.25. The van der Waals surface area contributed by atoms with Crippen molar-refractivity contribution >= 4 is 41.6 Å². The molecule has 10 heteroatoms. The summed E-state index contributed by atoms with van der Waals surface area (Å²) < 4.78 is 51.2. The second kappa shape index (κ2) is 5.57. The van der Waals surface area contributed by atoms with Crippen molar-refractivity contribution < 1.29 is 21.9 Å². The monoisotopic (exact) mass is 370 g/mol. The first-order valence-corrected chi connectivity index (χ1v) is 10.0. The Balaban J connectivity index is 1.98. The van der Waals surface area contributed by atoms with Crippen LogP contribution >= 0.6 is 11.3 Å². The van der Waals surface area contributed by atoms with Crippen molar-refractivity contribution in [3.63, 3.8) is 0 Å². The van der Waals surface area contributed by atoms with E-state index in [-0.39, 0.29) is 15.5 Å². The second-order valence-electron chi connectivity index (χ2n) is 4.56. The molecule has 0 bridgehead atoms. The lowest BCUT2D eigenvalue weighted by atomic mass is 10.3. The molecule has 1 aromatic carbocycles. The van der Waals surface area contributed by atoms with Crippen LogP contribution in [-0.2, 0) is 20.0 Å². The Morgan fingerprint density at radius 2 is 1.61 bits per heavy atom. The fraction of sp³-hybridized carbons (Fsp3) is 0. The lowest BCUT2D eigenvalue weighted by Crippen LogP contribution is -2.30.